The molecule has 3 rings (SSSR count). The van der Waals surface area contributed by atoms with Crippen molar-refractivity contribution in [2.24, 2.45) is 0 Å². The second kappa shape index (κ2) is 9.16. The van der Waals surface area contributed by atoms with E-state index in [1.54, 1.807) is 7.11 Å². The summed E-state index contributed by atoms with van der Waals surface area (Å²) >= 11 is 9.41. The molecular weight excluding hydrogens is 426 g/mol. The number of ether oxygens (including phenoxy) is 2. The van der Waals surface area contributed by atoms with Crippen LogP contribution in [0.3, 0.4) is 0 Å². The summed E-state index contributed by atoms with van der Waals surface area (Å²) in [6.45, 7) is 3.25. The van der Waals surface area contributed by atoms with Crippen molar-refractivity contribution in [3.05, 3.63) is 86.8 Å². The molecule has 0 fully saturated rings. The number of benzene rings is 3. The highest BCUT2D eigenvalue weighted by Gasteiger charge is 2.07. The zero-order valence-electron chi connectivity index (χ0n) is 15.3. The third kappa shape index (κ3) is 5.41. The lowest BCUT2D eigenvalue weighted by atomic mass is 10.1. The van der Waals surface area contributed by atoms with Crippen molar-refractivity contribution in [2.45, 2.75) is 20.1 Å². The number of hydrogen-bond acceptors (Lipinski definition) is 3. The van der Waals surface area contributed by atoms with Crippen LogP contribution in [0.25, 0.3) is 0 Å². The van der Waals surface area contributed by atoms with Gasteiger partial charge in [0, 0.05) is 21.7 Å². The fourth-order valence-corrected chi connectivity index (χ4v) is 3.31. The van der Waals surface area contributed by atoms with E-state index in [0.29, 0.717) is 18.2 Å². The molecule has 0 heterocycles. The Bertz CT molecular complexity index is 913. The van der Waals surface area contributed by atoms with Gasteiger partial charge in [0.15, 0.2) is 11.5 Å². The molecule has 0 saturated heterocycles. The summed E-state index contributed by atoms with van der Waals surface area (Å²) in [5.41, 5.74) is 4.48. The monoisotopic (exact) mass is 445 g/mol. The van der Waals surface area contributed by atoms with Gasteiger partial charge in [0.2, 0.25) is 0 Å². The van der Waals surface area contributed by atoms with Crippen LogP contribution >= 0.6 is 27.5 Å². The number of halogens is 2. The standard InChI is InChI=1S/C22H21BrClNO2/c1-15-11-18(23)6-9-20(15)25-13-17-5-10-21(22(12-17)26-2)27-14-16-3-7-19(24)8-4-16/h3-12,25H,13-14H2,1-2H3. The van der Waals surface area contributed by atoms with Gasteiger partial charge >= 0.3 is 0 Å². The third-order valence-corrected chi connectivity index (χ3v) is 4.95. The predicted molar refractivity (Wildman–Crippen MR) is 115 cm³/mol. The smallest absolute Gasteiger partial charge is 0.161 e. The predicted octanol–water partition coefficient (Wildman–Crippen LogP) is 6.61. The molecule has 3 aromatic carbocycles. The molecule has 3 aromatic rings. The van der Waals surface area contributed by atoms with Crippen LogP contribution in [0.15, 0.2) is 65.1 Å². The molecule has 140 valence electrons. The maximum absolute atomic E-state index is 5.92. The Morgan fingerprint density at radius 3 is 2.37 bits per heavy atom. The fourth-order valence-electron chi connectivity index (χ4n) is 2.71. The van der Waals surface area contributed by atoms with Crippen molar-refractivity contribution in [2.75, 3.05) is 12.4 Å². The van der Waals surface area contributed by atoms with Crippen LogP contribution in [-0.2, 0) is 13.2 Å². The summed E-state index contributed by atoms with van der Waals surface area (Å²) in [7, 11) is 1.65. The van der Waals surface area contributed by atoms with Crippen molar-refractivity contribution in [3.8, 4) is 11.5 Å². The summed E-state index contributed by atoms with van der Waals surface area (Å²) in [5.74, 6) is 1.44. The molecule has 0 aliphatic rings. The Morgan fingerprint density at radius 2 is 1.67 bits per heavy atom. The van der Waals surface area contributed by atoms with E-state index in [0.717, 1.165) is 32.8 Å². The van der Waals surface area contributed by atoms with E-state index in [2.05, 4.69) is 40.3 Å². The quantitative estimate of drug-likeness (QED) is 0.443. The van der Waals surface area contributed by atoms with Crippen LogP contribution in [0, 0.1) is 6.92 Å². The Balaban J connectivity index is 1.65. The van der Waals surface area contributed by atoms with Crippen LogP contribution in [0.5, 0.6) is 11.5 Å². The Morgan fingerprint density at radius 1 is 0.926 bits per heavy atom. The van der Waals surface area contributed by atoms with Gasteiger partial charge in [0.1, 0.15) is 6.61 Å². The first-order chi connectivity index (χ1) is 13.0. The Labute approximate surface area is 173 Å². The van der Waals surface area contributed by atoms with E-state index in [4.69, 9.17) is 21.1 Å². The molecule has 3 nitrogen and oxygen atoms in total. The molecule has 27 heavy (non-hydrogen) atoms. The molecule has 1 N–H and O–H groups in total. The van der Waals surface area contributed by atoms with Crippen molar-refractivity contribution in [1.29, 1.82) is 0 Å². The number of hydrogen-bond donors (Lipinski definition) is 1. The summed E-state index contributed by atoms with van der Waals surface area (Å²) in [4.78, 5) is 0. The van der Waals surface area contributed by atoms with Crippen LogP contribution in [-0.4, -0.2) is 7.11 Å². The van der Waals surface area contributed by atoms with Gasteiger partial charge in [-0.2, -0.15) is 0 Å². The lowest BCUT2D eigenvalue weighted by Gasteiger charge is -2.14. The molecule has 0 amide bonds. The molecule has 0 radical (unpaired) electrons. The van der Waals surface area contributed by atoms with Crippen LogP contribution in [0.1, 0.15) is 16.7 Å². The van der Waals surface area contributed by atoms with E-state index in [9.17, 15) is 0 Å². The molecule has 5 heteroatoms. The average molecular weight is 447 g/mol. The van der Waals surface area contributed by atoms with Gasteiger partial charge in [0.05, 0.1) is 7.11 Å². The van der Waals surface area contributed by atoms with Gasteiger partial charge in [-0.25, -0.2) is 0 Å². The highest BCUT2D eigenvalue weighted by molar-refractivity contribution is 9.10. The summed E-state index contributed by atoms with van der Waals surface area (Å²) in [5, 5.41) is 4.18. The molecule has 0 atom stereocenters. The highest BCUT2D eigenvalue weighted by atomic mass is 79.9. The maximum atomic E-state index is 5.92. The highest BCUT2D eigenvalue weighted by Crippen LogP contribution is 2.29. The van der Waals surface area contributed by atoms with Crippen LogP contribution in [0.4, 0.5) is 5.69 Å². The minimum Gasteiger partial charge on any atom is -0.493 e. The summed E-state index contributed by atoms with van der Waals surface area (Å²) < 4.78 is 12.5. The minimum absolute atomic E-state index is 0.462. The number of methoxy groups -OCH3 is 1. The van der Waals surface area contributed by atoms with Gasteiger partial charge in [-0.15, -0.1) is 0 Å². The Kier molecular flexibility index (Phi) is 6.64. The van der Waals surface area contributed by atoms with E-state index < -0.39 is 0 Å². The molecule has 0 saturated carbocycles. The number of anilines is 1. The molecular formula is C22H21BrClNO2. The molecule has 0 spiro atoms. The lowest BCUT2D eigenvalue weighted by Crippen LogP contribution is -2.02. The third-order valence-electron chi connectivity index (χ3n) is 4.21. The molecule has 0 bridgehead atoms. The second-order valence-electron chi connectivity index (χ2n) is 6.21. The number of aryl methyl sites for hydroxylation is 1. The SMILES string of the molecule is COc1cc(CNc2ccc(Br)cc2C)ccc1OCc1ccc(Cl)cc1. The van der Waals surface area contributed by atoms with Gasteiger partial charge in [-0.3, -0.25) is 0 Å². The Hall–Kier alpha value is -2.17. The van der Waals surface area contributed by atoms with E-state index >= 15 is 0 Å². The van der Waals surface area contributed by atoms with Crippen LogP contribution < -0.4 is 14.8 Å². The topological polar surface area (TPSA) is 30.5 Å². The minimum atomic E-state index is 0.462. The van der Waals surface area contributed by atoms with E-state index in [-0.39, 0.29) is 0 Å². The second-order valence-corrected chi connectivity index (χ2v) is 7.57. The first-order valence-corrected chi connectivity index (χ1v) is 9.76. The van der Waals surface area contributed by atoms with Crippen molar-refractivity contribution < 1.29 is 9.47 Å². The van der Waals surface area contributed by atoms with Crippen LogP contribution in [0.2, 0.25) is 5.02 Å². The molecule has 0 aliphatic carbocycles. The lowest BCUT2D eigenvalue weighted by molar-refractivity contribution is 0.284. The fraction of sp³-hybridized carbons (Fsp3) is 0.182. The molecule has 0 unspecified atom stereocenters. The van der Waals surface area contributed by atoms with Gasteiger partial charge in [0.25, 0.3) is 0 Å². The van der Waals surface area contributed by atoms with Gasteiger partial charge in [-0.1, -0.05) is 45.7 Å². The normalized spacial score (nSPS) is 10.5. The first-order valence-electron chi connectivity index (χ1n) is 8.59. The van der Waals surface area contributed by atoms with Crippen molar-refractivity contribution in [1.82, 2.24) is 0 Å². The van der Waals surface area contributed by atoms with Gasteiger partial charge < -0.3 is 14.8 Å². The molecule has 0 aromatic heterocycles. The summed E-state index contributed by atoms with van der Waals surface area (Å²) in [6.07, 6.45) is 0. The van der Waals surface area contributed by atoms with Crippen molar-refractivity contribution in [3.63, 3.8) is 0 Å². The zero-order valence-corrected chi connectivity index (χ0v) is 17.6. The largest absolute Gasteiger partial charge is 0.493 e. The zero-order chi connectivity index (χ0) is 19.2. The van der Waals surface area contributed by atoms with Gasteiger partial charge in [-0.05, 0) is 66.1 Å². The number of rotatable bonds is 7. The van der Waals surface area contributed by atoms with E-state index in [1.807, 2.05) is 48.5 Å². The average Bonchev–Trinajstić information content (AvgIpc) is 2.67. The first kappa shape index (κ1) is 19.6. The molecule has 0 aliphatic heterocycles. The van der Waals surface area contributed by atoms with Crippen molar-refractivity contribution >= 4 is 33.2 Å². The summed E-state index contributed by atoms with van der Waals surface area (Å²) in [6, 6.07) is 19.8. The number of nitrogens with one attached hydrogen (secondary N) is 1. The maximum Gasteiger partial charge on any atom is 0.161 e. The van der Waals surface area contributed by atoms with E-state index in [1.165, 1.54) is 5.56 Å².